The molecule has 1 aromatic carbocycles. The number of fused-ring (bicyclic) bond motifs is 1. The van der Waals surface area contributed by atoms with E-state index in [4.69, 9.17) is 0 Å². The Morgan fingerprint density at radius 1 is 0.920 bits per heavy atom. The number of para-hydroxylation sites is 2. The third-order valence-electron chi connectivity index (χ3n) is 3.79. The molecule has 1 aliphatic rings. The number of aryl methyl sites for hydroxylation is 1. The summed E-state index contributed by atoms with van der Waals surface area (Å²) < 4.78 is 109. The van der Waals surface area contributed by atoms with E-state index in [1.165, 1.54) is 24.3 Å². The second-order valence-corrected chi connectivity index (χ2v) is 5.28. The topological polar surface area (TPSA) is 17.8 Å². The van der Waals surface area contributed by atoms with Crippen LogP contribution in [0.5, 0.6) is 0 Å². The molecule has 0 spiro atoms. The molecule has 0 N–H and O–H groups in total. The fourth-order valence-corrected chi connectivity index (χ4v) is 2.43. The summed E-state index contributed by atoms with van der Waals surface area (Å²) in [6, 6.07) is 5.62. The average Bonchev–Trinajstić information content (AvgIpc) is 2.80. The van der Waals surface area contributed by atoms with Gasteiger partial charge in [0.05, 0.1) is 11.0 Å². The van der Waals surface area contributed by atoms with E-state index in [9.17, 15) is 35.1 Å². The van der Waals surface area contributed by atoms with Gasteiger partial charge < -0.3 is 9.55 Å². The maximum Gasteiger partial charge on any atom is 0.378 e. The second-order valence-electron chi connectivity index (χ2n) is 5.28. The van der Waals surface area contributed by atoms with Gasteiger partial charge in [-0.1, -0.05) is 12.1 Å². The fraction of sp³-hybridized carbons (Fsp3) is 0.357. The van der Waals surface area contributed by atoms with Gasteiger partial charge in [-0.25, -0.2) is 8.78 Å². The molecular formula is C14H7F8IrN2-. The molecule has 1 aromatic heterocycles. The molecule has 25 heavy (non-hydrogen) atoms. The molecule has 0 bridgehead atoms. The summed E-state index contributed by atoms with van der Waals surface area (Å²) in [5, 5.41) is 0. The van der Waals surface area contributed by atoms with Crippen LogP contribution >= 0.6 is 0 Å². The van der Waals surface area contributed by atoms with Crippen molar-refractivity contribution < 1.29 is 55.2 Å². The number of hydrogen-bond acceptors (Lipinski definition) is 1. The van der Waals surface area contributed by atoms with Crippen LogP contribution in [0.15, 0.2) is 24.3 Å². The van der Waals surface area contributed by atoms with Crippen molar-refractivity contribution in [3.8, 4) is 0 Å². The summed E-state index contributed by atoms with van der Waals surface area (Å²) in [4.78, 5) is 3.58. The summed E-state index contributed by atoms with van der Waals surface area (Å²) in [5.41, 5.74) is -1.85. The van der Waals surface area contributed by atoms with Crippen LogP contribution in [0.3, 0.4) is 0 Å². The van der Waals surface area contributed by atoms with Crippen molar-refractivity contribution in [3.05, 3.63) is 36.2 Å². The van der Waals surface area contributed by atoms with Crippen LogP contribution in [0.4, 0.5) is 35.1 Å². The largest absolute Gasteiger partial charge is 0.406 e. The number of rotatable bonds is 1. The van der Waals surface area contributed by atoms with Gasteiger partial charge in [0.1, 0.15) is 0 Å². The number of hydrogen-bond donors (Lipinski definition) is 0. The molecule has 11 heteroatoms. The summed E-state index contributed by atoms with van der Waals surface area (Å²) in [7, 11) is 1.11. The number of alkyl halides is 8. The smallest absolute Gasteiger partial charge is 0.378 e. The maximum absolute atomic E-state index is 14.0. The van der Waals surface area contributed by atoms with Gasteiger partial charge in [-0.05, 0) is 25.0 Å². The molecule has 139 valence electrons. The van der Waals surface area contributed by atoms with Crippen LogP contribution in [0.25, 0.3) is 16.6 Å². The van der Waals surface area contributed by atoms with Gasteiger partial charge in [-0.3, -0.25) is 0 Å². The van der Waals surface area contributed by atoms with Crippen molar-refractivity contribution in [2.24, 2.45) is 7.05 Å². The minimum absolute atomic E-state index is 0. The Labute approximate surface area is 148 Å². The molecule has 0 fully saturated rings. The molecular weight excluding hydrogens is 540 g/mol. The maximum atomic E-state index is 14.0. The van der Waals surface area contributed by atoms with Crippen molar-refractivity contribution in [2.75, 3.05) is 0 Å². The van der Waals surface area contributed by atoms with E-state index >= 15 is 0 Å². The number of nitrogens with zero attached hydrogens (tertiary/aromatic N) is 2. The van der Waals surface area contributed by atoms with E-state index < -0.39 is 35.1 Å². The van der Waals surface area contributed by atoms with Gasteiger partial charge >= 0.3 is 17.8 Å². The minimum atomic E-state index is -6.32. The molecule has 1 aliphatic carbocycles. The molecule has 1 radical (unpaired) electrons. The summed E-state index contributed by atoms with van der Waals surface area (Å²) in [6.45, 7) is 0. The zero-order valence-corrected chi connectivity index (χ0v) is 14.5. The van der Waals surface area contributed by atoms with Crippen LogP contribution in [-0.4, -0.2) is 33.2 Å². The van der Waals surface area contributed by atoms with Gasteiger partial charge in [0, 0.05) is 20.1 Å². The number of aromatic nitrogens is 2. The third-order valence-corrected chi connectivity index (χ3v) is 3.79. The number of allylic oxidation sites excluding steroid dienone is 2. The minimum Gasteiger partial charge on any atom is -0.406 e. The Hall–Kier alpha value is -1.48. The van der Waals surface area contributed by atoms with Gasteiger partial charge in [-0.15, -0.1) is 5.57 Å². The molecule has 0 amide bonds. The first kappa shape index (κ1) is 19.8. The first-order valence-electron chi connectivity index (χ1n) is 6.43. The van der Waals surface area contributed by atoms with E-state index in [1.807, 2.05) is 0 Å². The summed E-state index contributed by atoms with van der Waals surface area (Å²) in [6.07, 6.45) is 0.567. The molecule has 2 nitrogen and oxygen atoms in total. The molecule has 0 atom stereocenters. The first-order valence-corrected chi connectivity index (χ1v) is 6.43. The van der Waals surface area contributed by atoms with E-state index in [1.54, 1.807) is 0 Å². The normalized spacial score (nSPS) is 23.0. The second kappa shape index (κ2) is 5.51. The van der Waals surface area contributed by atoms with E-state index in [-0.39, 0.29) is 31.1 Å². The van der Waals surface area contributed by atoms with Crippen molar-refractivity contribution in [1.29, 1.82) is 0 Å². The van der Waals surface area contributed by atoms with Gasteiger partial charge in [-0.2, -0.15) is 32.4 Å². The summed E-state index contributed by atoms with van der Waals surface area (Å²) in [5.74, 6) is -24.8. The monoisotopic (exact) mass is 548 g/mol. The van der Waals surface area contributed by atoms with E-state index in [0.29, 0.717) is 6.08 Å². The molecule has 0 unspecified atom stereocenters. The molecule has 3 rings (SSSR count). The zero-order chi connectivity index (χ0) is 18.1. The van der Waals surface area contributed by atoms with Crippen molar-refractivity contribution in [3.63, 3.8) is 0 Å². The quantitative estimate of drug-likeness (QED) is 0.385. The fourth-order valence-electron chi connectivity index (χ4n) is 2.43. The predicted molar refractivity (Wildman–Crippen MR) is 67.2 cm³/mol. The molecule has 2 aromatic rings. The van der Waals surface area contributed by atoms with Crippen LogP contribution in [0.1, 0.15) is 5.82 Å². The Morgan fingerprint density at radius 2 is 1.48 bits per heavy atom. The SMILES string of the molecule is Cn1c(C2=[C-]C(F)(F)C(F)(F)C(F)(F)C2(F)F)nc2ccccc21.[Ir]. The molecule has 1 heterocycles. The molecule has 0 saturated carbocycles. The van der Waals surface area contributed by atoms with E-state index in [2.05, 4.69) is 4.98 Å². The standard InChI is InChI=1S/C14H7F8N2.Ir/c1-24-9-5-3-2-4-8(9)23-10(24)7-6-11(15,16)13(19,20)14(21,22)12(7,17)18;/h2-5H,1H3;/q-1;. The van der Waals surface area contributed by atoms with Crippen molar-refractivity contribution in [1.82, 2.24) is 9.55 Å². The Balaban J connectivity index is 0.00000225. The van der Waals surface area contributed by atoms with Crippen LogP contribution in [0.2, 0.25) is 0 Å². The number of benzene rings is 1. The molecule has 0 aliphatic heterocycles. The van der Waals surface area contributed by atoms with Gasteiger partial charge in [0.2, 0.25) is 0 Å². The summed E-state index contributed by atoms with van der Waals surface area (Å²) >= 11 is 0. The average molecular weight is 547 g/mol. The van der Waals surface area contributed by atoms with Crippen LogP contribution in [-0.2, 0) is 27.2 Å². The Bertz CT molecular complexity index is 856. The number of halogens is 8. The Morgan fingerprint density at radius 3 is 2.04 bits per heavy atom. The van der Waals surface area contributed by atoms with Gasteiger partial charge in [0.15, 0.2) is 0 Å². The van der Waals surface area contributed by atoms with Crippen molar-refractivity contribution in [2.45, 2.75) is 23.7 Å². The molecule has 0 saturated heterocycles. The third kappa shape index (κ3) is 2.35. The predicted octanol–water partition coefficient (Wildman–Crippen LogP) is 4.31. The number of imidazole rings is 1. The van der Waals surface area contributed by atoms with Crippen LogP contribution in [0, 0.1) is 6.08 Å². The van der Waals surface area contributed by atoms with Crippen molar-refractivity contribution >= 4 is 16.6 Å². The van der Waals surface area contributed by atoms with Crippen LogP contribution < -0.4 is 0 Å². The van der Waals surface area contributed by atoms with E-state index in [0.717, 1.165) is 11.6 Å². The van der Waals surface area contributed by atoms with Gasteiger partial charge in [0.25, 0.3) is 5.92 Å². The zero-order valence-electron chi connectivity index (χ0n) is 12.1. The first-order chi connectivity index (χ1) is 10.8. The Kier molecular flexibility index (Phi) is 4.37.